The molecule has 0 aromatic carbocycles. The number of allylic oxidation sites excluding steroid dienone is 1. The molecule has 0 saturated heterocycles. The van der Waals surface area contributed by atoms with Crippen molar-refractivity contribution >= 4 is 16.5 Å². The lowest BCUT2D eigenvalue weighted by molar-refractivity contribution is 0.832. The molecule has 0 unspecified atom stereocenters. The quantitative estimate of drug-likeness (QED) is 0.782. The summed E-state index contributed by atoms with van der Waals surface area (Å²) < 4.78 is 2.05. The zero-order valence-corrected chi connectivity index (χ0v) is 8.50. The summed E-state index contributed by atoms with van der Waals surface area (Å²) in [5.74, 6) is 0. The van der Waals surface area contributed by atoms with Gasteiger partial charge in [0.1, 0.15) is 0 Å². The number of nitrogens with two attached hydrogens (primary N) is 1. The molecule has 72 valence electrons. The van der Waals surface area contributed by atoms with Gasteiger partial charge in [-0.2, -0.15) is 0 Å². The van der Waals surface area contributed by atoms with Gasteiger partial charge in [-0.1, -0.05) is 6.08 Å². The van der Waals surface area contributed by atoms with Crippen molar-refractivity contribution < 1.29 is 0 Å². The molecule has 0 fully saturated rings. The fourth-order valence-corrected chi connectivity index (χ4v) is 1.85. The molecule has 0 aliphatic carbocycles. The Labute approximate surface area is 86.5 Å². The number of anilines is 1. The van der Waals surface area contributed by atoms with E-state index in [9.17, 15) is 0 Å². The maximum absolute atomic E-state index is 5.57. The van der Waals surface area contributed by atoms with Crippen LogP contribution in [-0.2, 0) is 6.54 Å². The number of aromatic nitrogens is 2. The standard InChI is InChI=1S/C10H11N3S/c1-2-4-13-5-3-8(6-13)9-7-14-10(11)12-9/h2-3,5-7H,1,4H2,(H2,11,12). The average Bonchev–Trinajstić information content (AvgIpc) is 2.74. The first-order valence-corrected chi connectivity index (χ1v) is 5.15. The third-order valence-corrected chi connectivity index (χ3v) is 2.58. The first-order valence-electron chi connectivity index (χ1n) is 4.27. The van der Waals surface area contributed by atoms with Crippen LogP contribution in [-0.4, -0.2) is 9.55 Å². The Kier molecular flexibility index (Phi) is 2.37. The maximum atomic E-state index is 5.57. The van der Waals surface area contributed by atoms with Gasteiger partial charge < -0.3 is 10.3 Å². The van der Waals surface area contributed by atoms with Crippen LogP contribution in [0, 0.1) is 0 Å². The van der Waals surface area contributed by atoms with Crippen molar-refractivity contribution in [2.45, 2.75) is 6.54 Å². The van der Waals surface area contributed by atoms with Gasteiger partial charge in [0.15, 0.2) is 5.13 Å². The minimum Gasteiger partial charge on any atom is -0.375 e. The molecule has 14 heavy (non-hydrogen) atoms. The van der Waals surface area contributed by atoms with Crippen LogP contribution >= 0.6 is 11.3 Å². The third kappa shape index (κ3) is 1.70. The molecule has 2 N–H and O–H groups in total. The first-order chi connectivity index (χ1) is 6.79. The number of hydrogen-bond donors (Lipinski definition) is 1. The van der Waals surface area contributed by atoms with E-state index in [-0.39, 0.29) is 0 Å². The van der Waals surface area contributed by atoms with E-state index >= 15 is 0 Å². The normalized spacial score (nSPS) is 10.3. The van der Waals surface area contributed by atoms with Crippen molar-refractivity contribution in [3.63, 3.8) is 0 Å². The third-order valence-electron chi connectivity index (χ3n) is 1.91. The Morgan fingerprint density at radius 1 is 1.64 bits per heavy atom. The van der Waals surface area contributed by atoms with E-state index in [1.165, 1.54) is 11.3 Å². The molecule has 0 bridgehead atoms. The van der Waals surface area contributed by atoms with Gasteiger partial charge >= 0.3 is 0 Å². The van der Waals surface area contributed by atoms with Gasteiger partial charge in [-0.05, 0) is 6.07 Å². The molecule has 2 heterocycles. The van der Waals surface area contributed by atoms with Crippen molar-refractivity contribution in [1.29, 1.82) is 0 Å². The maximum Gasteiger partial charge on any atom is 0.180 e. The van der Waals surface area contributed by atoms with Gasteiger partial charge in [-0.15, -0.1) is 17.9 Å². The number of nitrogens with zero attached hydrogens (tertiary/aromatic N) is 2. The summed E-state index contributed by atoms with van der Waals surface area (Å²) in [6.45, 7) is 4.51. The Bertz CT molecular complexity index is 442. The molecular formula is C10H11N3S. The summed E-state index contributed by atoms with van der Waals surface area (Å²) in [5, 5.41) is 2.57. The zero-order chi connectivity index (χ0) is 9.97. The number of thiazole rings is 1. The van der Waals surface area contributed by atoms with Crippen LogP contribution in [0.15, 0.2) is 36.5 Å². The predicted octanol–water partition coefficient (Wildman–Crippen LogP) is 2.38. The topological polar surface area (TPSA) is 43.8 Å². The summed E-state index contributed by atoms with van der Waals surface area (Å²) in [5.41, 5.74) is 7.60. The summed E-state index contributed by atoms with van der Waals surface area (Å²) in [4.78, 5) is 4.21. The van der Waals surface area contributed by atoms with E-state index in [0.717, 1.165) is 17.8 Å². The smallest absolute Gasteiger partial charge is 0.180 e. The van der Waals surface area contributed by atoms with Crippen molar-refractivity contribution in [2.75, 3.05) is 5.73 Å². The fourth-order valence-electron chi connectivity index (χ4n) is 1.28. The molecule has 3 nitrogen and oxygen atoms in total. The molecule has 0 spiro atoms. The SMILES string of the molecule is C=CCn1ccc(-c2csc(N)n2)c1. The number of nitrogen functional groups attached to an aromatic ring is 1. The Morgan fingerprint density at radius 2 is 2.50 bits per heavy atom. The van der Waals surface area contributed by atoms with Crippen molar-refractivity contribution in [3.8, 4) is 11.3 Å². The fraction of sp³-hybridized carbons (Fsp3) is 0.100. The van der Waals surface area contributed by atoms with Gasteiger partial charge in [-0.25, -0.2) is 4.98 Å². The van der Waals surface area contributed by atoms with Crippen LogP contribution in [0.2, 0.25) is 0 Å². The lowest BCUT2D eigenvalue weighted by Crippen LogP contribution is -1.88. The highest BCUT2D eigenvalue weighted by atomic mass is 32.1. The van der Waals surface area contributed by atoms with Gasteiger partial charge in [0.05, 0.1) is 5.69 Å². The highest BCUT2D eigenvalue weighted by molar-refractivity contribution is 7.13. The van der Waals surface area contributed by atoms with E-state index in [1.54, 1.807) is 0 Å². The average molecular weight is 205 g/mol. The number of hydrogen-bond acceptors (Lipinski definition) is 3. The van der Waals surface area contributed by atoms with E-state index in [0.29, 0.717) is 5.13 Å². The summed E-state index contributed by atoms with van der Waals surface area (Å²) >= 11 is 1.46. The molecule has 0 aliphatic heterocycles. The Balaban J connectivity index is 2.28. The monoisotopic (exact) mass is 205 g/mol. The molecular weight excluding hydrogens is 194 g/mol. The zero-order valence-electron chi connectivity index (χ0n) is 7.68. The second kappa shape index (κ2) is 3.67. The van der Waals surface area contributed by atoms with Gasteiger partial charge in [-0.3, -0.25) is 0 Å². The van der Waals surface area contributed by atoms with Crippen LogP contribution in [0.4, 0.5) is 5.13 Å². The van der Waals surface area contributed by atoms with Crippen LogP contribution in [0.3, 0.4) is 0 Å². The second-order valence-corrected chi connectivity index (χ2v) is 3.85. The van der Waals surface area contributed by atoms with Crippen LogP contribution in [0.25, 0.3) is 11.3 Å². The molecule has 0 atom stereocenters. The van der Waals surface area contributed by atoms with E-state index < -0.39 is 0 Å². The summed E-state index contributed by atoms with van der Waals surface area (Å²) in [6, 6.07) is 2.03. The summed E-state index contributed by atoms with van der Waals surface area (Å²) in [6.07, 6.45) is 5.90. The van der Waals surface area contributed by atoms with Gasteiger partial charge in [0.2, 0.25) is 0 Å². The van der Waals surface area contributed by atoms with Crippen molar-refractivity contribution in [1.82, 2.24) is 9.55 Å². The van der Waals surface area contributed by atoms with E-state index in [4.69, 9.17) is 5.73 Å². The second-order valence-electron chi connectivity index (χ2n) is 2.96. The van der Waals surface area contributed by atoms with Crippen molar-refractivity contribution in [2.24, 2.45) is 0 Å². The molecule has 0 amide bonds. The van der Waals surface area contributed by atoms with E-state index in [1.807, 2.05) is 29.9 Å². The molecule has 2 rings (SSSR count). The molecule has 0 aliphatic rings. The predicted molar refractivity (Wildman–Crippen MR) is 60.1 cm³/mol. The Morgan fingerprint density at radius 3 is 3.14 bits per heavy atom. The van der Waals surface area contributed by atoms with Crippen molar-refractivity contribution in [3.05, 3.63) is 36.5 Å². The highest BCUT2D eigenvalue weighted by Crippen LogP contribution is 2.23. The largest absolute Gasteiger partial charge is 0.375 e. The molecule has 2 aromatic heterocycles. The summed E-state index contributed by atoms with van der Waals surface area (Å²) in [7, 11) is 0. The minimum absolute atomic E-state index is 0.608. The van der Waals surface area contributed by atoms with Gasteiger partial charge in [0.25, 0.3) is 0 Å². The Hall–Kier alpha value is -1.55. The lowest BCUT2D eigenvalue weighted by Gasteiger charge is -1.94. The van der Waals surface area contributed by atoms with Gasteiger partial charge in [0, 0.05) is 29.9 Å². The number of rotatable bonds is 3. The molecule has 2 aromatic rings. The van der Waals surface area contributed by atoms with Crippen LogP contribution in [0.5, 0.6) is 0 Å². The minimum atomic E-state index is 0.608. The highest BCUT2D eigenvalue weighted by Gasteiger charge is 2.03. The first kappa shape index (κ1) is 9.02. The molecule has 0 radical (unpaired) electrons. The molecule has 0 saturated carbocycles. The lowest BCUT2D eigenvalue weighted by atomic mass is 10.3. The molecule has 4 heteroatoms. The van der Waals surface area contributed by atoms with Crippen LogP contribution in [0.1, 0.15) is 0 Å². The van der Waals surface area contributed by atoms with E-state index in [2.05, 4.69) is 16.1 Å². The van der Waals surface area contributed by atoms with Crippen LogP contribution < -0.4 is 5.73 Å².